The summed E-state index contributed by atoms with van der Waals surface area (Å²) in [5.41, 5.74) is 0.560. The second-order valence-corrected chi connectivity index (χ2v) is 8.90. The molecule has 0 bridgehead atoms. The fourth-order valence-electron chi connectivity index (χ4n) is 4.18. The average Bonchev–Trinajstić information content (AvgIpc) is 3.03. The molecule has 0 spiro atoms. The van der Waals surface area contributed by atoms with Crippen LogP contribution in [0.15, 0.2) is 59.9 Å². The summed E-state index contributed by atoms with van der Waals surface area (Å²) in [6, 6.07) is 5.89. The van der Waals surface area contributed by atoms with E-state index in [4.69, 9.17) is 23.2 Å². The lowest BCUT2D eigenvalue weighted by Gasteiger charge is -2.36. The molecule has 1 aliphatic heterocycles. The molecule has 2 N–H and O–H groups in total. The molecular formula is C23H27Cl2FN2O2. The number of hydrogen-bond donors (Lipinski definition) is 2. The van der Waals surface area contributed by atoms with Gasteiger partial charge in [0.1, 0.15) is 5.83 Å². The maximum Gasteiger partial charge on any atom is 0.242 e. The van der Waals surface area contributed by atoms with Gasteiger partial charge in [0.25, 0.3) is 0 Å². The van der Waals surface area contributed by atoms with Crippen molar-refractivity contribution in [2.75, 3.05) is 18.5 Å². The van der Waals surface area contributed by atoms with Crippen molar-refractivity contribution >= 4 is 34.8 Å². The van der Waals surface area contributed by atoms with Gasteiger partial charge in [-0.3, -0.25) is 9.69 Å². The third kappa shape index (κ3) is 5.73. The molecule has 1 aromatic carbocycles. The van der Waals surface area contributed by atoms with Gasteiger partial charge in [-0.15, -0.1) is 0 Å². The van der Waals surface area contributed by atoms with Crippen LogP contribution in [0, 0.1) is 11.8 Å². The SMILES string of the molecule is C=C(Cl)/C=C\C=C(/F)C1C[C@H](CO)N(CC2CCC2)C1C(=O)Nc1cccc(Cl)c1. The zero-order valence-electron chi connectivity index (χ0n) is 16.7. The van der Waals surface area contributed by atoms with E-state index in [0.717, 1.165) is 12.8 Å². The average molecular weight is 453 g/mol. The van der Waals surface area contributed by atoms with Gasteiger partial charge in [-0.05, 0) is 55.5 Å². The minimum Gasteiger partial charge on any atom is -0.395 e. The molecule has 1 saturated heterocycles. The van der Waals surface area contributed by atoms with Crippen molar-refractivity contribution in [2.24, 2.45) is 11.8 Å². The van der Waals surface area contributed by atoms with Crippen molar-refractivity contribution in [3.8, 4) is 0 Å². The van der Waals surface area contributed by atoms with Gasteiger partial charge >= 0.3 is 0 Å². The topological polar surface area (TPSA) is 52.6 Å². The molecule has 1 amide bonds. The second kappa shape index (κ2) is 10.6. The van der Waals surface area contributed by atoms with E-state index in [2.05, 4.69) is 11.9 Å². The number of carbonyl (C=O) groups excluding carboxylic acids is 1. The Bertz CT molecular complexity index is 838. The first kappa shape index (κ1) is 23.0. The van der Waals surface area contributed by atoms with Crippen LogP contribution >= 0.6 is 23.2 Å². The molecule has 0 aromatic heterocycles. The number of nitrogens with zero attached hydrogens (tertiary/aromatic N) is 1. The first-order valence-corrected chi connectivity index (χ1v) is 11.0. The van der Waals surface area contributed by atoms with Gasteiger partial charge < -0.3 is 10.4 Å². The molecule has 1 aliphatic carbocycles. The molecule has 2 unspecified atom stereocenters. The highest BCUT2D eigenvalue weighted by atomic mass is 35.5. The third-order valence-electron chi connectivity index (χ3n) is 5.89. The maximum atomic E-state index is 15.1. The van der Waals surface area contributed by atoms with Crippen LogP contribution in [0.3, 0.4) is 0 Å². The van der Waals surface area contributed by atoms with Gasteiger partial charge in [0, 0.05) is 34.2 Å². The standard InChI is InChI=1S/C23H27Cl2FN2O2/c1-15(24)5-2-10-21(26)20-12-19(14-29)28(13-16-6-3-7-16)22(20)23(30)27-18-9-4-8-17(25)11-18/h2,4-5,8-11,16,19-20,22,29H,1,3,6-7,12-14H2,(H,27,30)/b5-2-,21-10-/t19-,20?,22?/m1/s1. The monoisotopic (exact) mass is 452 g/mol. The number of aliphatic hydroxyl groups is 1. The lowest BCUT2D eigenvalue weighted by Crippen LogP contribution is -2.49. The number of rotatable bonds is 8. The fraction of sp³-hybridized carbons (Fsp3) is 0.435. The van der Waals surface area contributed by atoms with E-state index in [9.17, 15) is 9.90 Å². The van der Waals surface area contributed by atoms with E-state index < -0.39 is 17.8 Å². The zero-order chi connectivity index (χ0) is 21.7. The maximum absolute atomic E-state index is 15.1. The van der Waals surface area contributed by atoms with Gasteiger partial charge in [0.15, 0.2) is 0 Å². The van der Waals surface area contributed by atoms with Crippen molar-refractivity contribution in [1.82, 2.24) is 4.90 Å². The van der Waals surface area contributed by atoms with E-state index in [-0.39, 0.29) is 18.6 Å². The van der Waals surface area contributed by atoms with Crippen LogP contribution in [0.1, 0.15) is 25.7 Å². The van der Waals surface area contributed by atoms with Crippen LogP contribution in [-0.2, 0) is 4.79 Å². The Morgan fingerprint density at radius 1 is 1.40 bits per heavy atom. The highest BCUT2D eigenvalue weighted by Gasteiger charge is 2.47. The molecule has 1 aromatic rings. The first-order chi connectivity index (χ1) is 14.4. The largest absolute Gasteiger partial charge is 0.395 e. The number of amides is 1. The molecule has 2 aliphatic rings. The van der Waals surface area contributed by atoms with Crippen molar-refractivity contribution in [3.05, 3.63) is 65.0 Å². The number of aliphatic hydroxyl groups excluding tert-OH is 1. The molecule has 7 heteroatoms. The number of allylic oxidation sites excluding steroid dienone is 4. The van der Waals surface area contributed by atoms with Crippen molar-refractivity contribution in [2.45, 2.75) is 37.8 Å². The molecule has 162 valence electrons. The van der Waals surface area contributed by atoms with Crippen LogP contribution in [0.4, 0.5) is 10.1 Å². The van der Waals surface area contributed by atoms with Crippen LogP contribution in [0.2, 0.25) is 5.02 Å². The third-order valence-corrected chi connectivity index (χ3v) is 6.25. The summed E-state index contributed by atoms with van der Waals surface area (Å²) < 4.78 is 15.1. The highest BCUT2D eigenvalue weighted by Crippen LogP contribution is 2.39. The quantitative estimate of drug-likeness (QED) is 0.526. The molecule has 1 saturated carbocycles. The number of benzene rings is 1. The summed E-state index contributed by atoms with van der Waals surface area (Å²) in [6.07, 6.45) is 8.04. The van der Waals surface area contributed by atoms with Crippen LogP contribution in [-0.4, -0.2) is 41.1 Å². The van der Waals surface area contributed by atoms with Gasteiger partial charge in [0.2, 0.25) is 5.91 Å². The Morgan fingerprint density at radius 3 is 2.77 bits per heavy atom. The zero-order valence-corrected chi connectivity index (χ0v) is 18.2. The van der Waals surface area contributed by atoms with Crippen molar-refractivity contribution in [1.29, 1.82) is 0 Å². The molecule has 30 heavy (non-hydrogen) atoms. The van der Waals surface area contributed by atoms with E-state index >= 15 is 4.39 Å². The van der Waals surface area contributed by atoms with Gasteiger partial charge in [-0.1, -0.05) is 48.3 Å². The molecule has 4 nitrogen and oxygen atoms in total. The fourth-order valence-corrected chi connectivity index (χ4v) is 4.44. The van der Waals surface area contributed by atoms with Crippen LogP contribution < -0.4 is 5.32 Å². The molecule has 0 radical (unpaired) electrons. The number of anilines is 1. The van der Waals surface area contributed by atoms with E-state index in [1.54, 1.807) is 24.3 Å². The number of hydrogen-bond acceptors (Lipinski definition) is 3. The number of nitrogens with one attached hydrogen (secondary N) is 1. The first-order valence-electron chi connectivity index (χ1n) is 10.2. The molecular weight excluding hydrogens is 426 g/mol. The van der Waals surface area contributed by atoms with Crippen molar-refractivity contribution in [3.63, 3.8) is 0 Å². The summed E-state index contributed by atoms with van der Waals surface area (Å²) in [5.74, 6) is -0.891. The molecule has 3 atom stereocenters. The summed E-state index contributed by atoms with van der Waals surface area (Å²) in [5, 5.41) is 13.6. The number of likely N-dealkylation sites (tertiary alicyclic amines) is 1. The van der Waals surface area contributed by atoms with Crippen molar-refractivity contribution < 1.29 is 14.3 Å². The summed E-state index contributed by atoms with van der Waals surface area (Å²) >= 11 is 11.7. The Balaban J connectivity index is 1.86. The van der Waals surface area contributed by atoms with Gasteiger partial charge in [-0.2, -0.15) is 0 Å². The van der Waals surface area contributed by atoms with E-state index in [1.165, 1.54) is 24.6 Å². The highest BCUT2D eigenvalue weighted by molar-refractivity contribution is 6.31. The summed E-state index contributed by atoms with van der Waals surface area (Å²) in [6.45, 7) is 4.10. The minimum atomic E-state index is -0.717. The van der Waals surface area contributed by atoms with Crippen LogP contribution in [0.5, 0.6) is 0 Å². The lowest BCUT2D eigenvalue weighted by atomic mass is 9.84. The van der Waals surface area contributed by atoms with E-state index in [1.807, 2.05) is 4.90 Å². The second-order valence-electron chi connectivity index (χ2n) is 7.97. The van der Waals surface area contributed by atoms with E-state index in [0.29, 0.717) is 34.6 Å². The Labute approximate surface area is 187 Å². The lowest BCUT2D eigenvalue weighted by molar-refractivity contribution is -0.122. The number of carbonyl (C=O) groups is 1. The smallest absolute Gasteiger partial charge is 0.242 e. The Kier molecular flexibility index (Phi) is 8.12. The predicted octanol–water partition coefficient (Wildman–Crippen LogP) is 5.29. The summed E-state index contributed by atoms with van der Waals surface area (Å²) in [7, 11) is 0. The Hall–Kier alpha value is -1.66. The van der Waals surface area contributed by atoms with Gasteiger partial charge in [-0.25, -0.2) is 4.39 Å². The molecule has 1 heterocycles. The molecule has 3 rings (SSSR count). The number of halogens is 3. The Morgan fingerprint density at radius 2 is 2.17 bits per heavy atom. The van der Waals surface area contributed by atoms with Gasteiger partial charge in [0.05, 0.1) is 12.6 Å². The minimum absolute atomic E-state index is 0.119. The molecule has 2 fully saturated rings. The predicted molar refractivity (Wildman–Crippen MR) is 120 cm³/mol. The normalized spacial score (nSPS) is 25.5. The summed E-state index contributed by atoms with van der Waals surface area (Å²) in [4.78, 5) is 15.2. The van der Waals surface area contributed by atoms with Crippen LogP contribution in [0.25, 0.3) is 0 Å².